The number of para-hydroxylation sites is 1. The molecule has 3 N–H and O–H groups in total. The number of nitrogens with two attached hydrogens (primary N) is 1. The van der Waals surface area contributed by atoms with Gasteiger partial charge in [-0.2, -0.15) is 0 Å². The van der Waals surface area contributed by atoms with Crippen LogP contribution in [0.5, 0.6) is 5.75 Å². The number of ether oxygens (including phenoxy) is 1. The number of anilines is 2. The smallest absolute Gasteiger partial charge is 0.140 e. The SMILES string of the molecule is Cc1cc(Nc2ccc(Cl)c(OC(C)(C)CN)c2)c2ccccc2n1. The number of fused-ring (bicyclic) bond motifs is 1. The number of rotatable bonds is 5. The Morgan fingerprint density at radius 1 is 1.16 bits per heavy atom. The normalized spacial score (nSPS) is 11.6. The lowest BCUT2D eigenvalue weighted by atomic mass is 10.1. The molecule has 3 aromatic rings. The molecule has 0 bridgehead atoms. The third kappa shape index (κ3) is 4.03. The maximum atomic E-state index is 6.28. The number of hydrogen-bond acceptors (Lipinski definition) is 4. The average molecular weight is 356 g/mol. The van der Waals surface area contributed by atoms with Gasteiger partial charge in [-0.25, -0.2) is 0 Å². The summed E-state index contributed by atoms with van der Waals surface area (Å²) in [4.78, 5) is 4.57. The van der Waals surface area contributed by atoms with Crippen LogP contribution in [-0.2, 0) is 0 Å². The van der Waals surface area contributed by atoms with E-state index in [-0.39, 0.29) is 0 Å². The molecule has 0 saturated heterocycles. The molecule has 0 fully saturated rings. The molecule has 0 aliphatic rings. The fraction of sp³-hybridized carbons (Fsp3) is 0.250. The molecule has 0 spiro atoms. The van der Waals surface area contributed by atoms with Crippen LogP contribution in [0.3, 0.4) is 0 Å². The molecule has 130 valence electrons. The first-order valence-electron chi connectivity index (χ1n) is 8.20. The van der Waals surface area contributed by atoms with E-state index in [0.717, 1.165) is 28.0 Å². The summed E-state index contributed by atoms with van der Waals surface area (Å²) in [5.74, 6) is 0.609. The van der Waals surface area contributed by atoms with Crippen LogP contribution in [0.4, 0.5) is 11.4 Å². The molecule has 5 heteroatoms. The molecule has 0 aliphatic heterocycles. The van der Waals surface area contributed by atoms with Crippen molar-refractivity contribution < 1.29 is 4.74 Å². The van der Waals surface area contributed by atoms with Crippen LogP contribution >= 0.6 is 11.6 Å². The molecule has 4 nitrogen and oxygen atoms in total. The summed E-state index contributed by atoms with van der Waals surface area (Å²) >= 11 is 6.28. The van der Waals surface area contributed by atoms with Gasteiger partial charge >= 0.3 is 0 Å². The second-order valence-electron chi connectivity index (χ2n) is 6.66. The monoisotopic (exact) mass is 355 g/mol. The third-order valence-electron chi connectivity index (χ3n) is 3.93. The van der Waals surface area contributed by atoms with Crippen molar-refractivity contribution >= 4 is 33.9 Å². The van der Waals surface area contributed by atoms with Gasteiger partial charge in [0.1, 0.15) is 11.4 Å². The molecule has 0 atom stereocenters. The zero-order valence-corrected chi connectivity index (χ0v) is 15.4. The number of halogens is 1. The van der Waals surface area contributed by atoms with E-state index >= 15 is 0 Å². The van der Waals surface area contributed by atoms with E-state index in [1.807, 2.05) is 63.2 Å². The van der Waals surface area contributed by atoms with E-state index in [9.17, 15) is 0 Å². The van der Waals surface area contributed by atoms with Crippen molar-refractivity contribution in [1.29, 1.82) is 0 Å². The lowest BCUT2D eigenvalue weighted by molar-refractivity contribution is 0.119. The Balaban J connectivity index is 1.96. The highest BCUT2D eigenvalue weighted by Gasteiger charge is 2.19. The van der Waals surface area contributed by atoms with Crippen LogP contribution < -0.4 is 15.8 Å². The molecular formula is C20H22ClN3O. The van der Waals surface area contributed by atoms with Crippen molar-refractivity contribution in [2.24, 2.45) is 5.73 Å². The zero-order valence-electron chi connectivity index (χ0n) is 14.6. The summed E-state index contributed by atoms with van der Waals surface area (Å²) in [7, 11) is 0. The van der Waals surface area contributed by atoms with Gasteiger partial charge in [0, 0.05) is 35.1 Å². The summed E-state index contributed by atoms with van der Waals surface area (Å²) in [5, 5.41) is 5.07. The summed E-state index contributed by atoms with van der Waals surface area (Å²) < 4.78 is 5.96. The minimum atomic E-state index is -0.484. The van der Waals surface area contributed by atoms with Crippen LogP contribution in [0.2, 0.25) is 5.02 Å². The Bertz CT molecular complexity index is 909. The summed E-state index contributed by atoms with van der Waals surface area (Å²) in [5.41, 5.74) is 9.07. The van der Waals surface area contributed by atoms with E-state index in [4.69, 9.17) is 22.1 Å². The first-order valence-corrected chi connectivity index (χ1v) is 8.58. The Morgan fingerprint density at radius 2 is 1.92 bits per heavy atom. The highest BCUT2D eigenvalue weighted by atomic mass is 35.5. The molecule has 0 saturated carbocycles. The van der Waals surface area contributed by atoms with Crippen molar-refractivity contribution in [3.05, 3.63) is 59.2 Å². The summed E-state index contributed by atoms with van der Waals surface area (Å²) in [6.45, 7) is 6.25. The van der Waals surface area contributed by atoms with E-state index in [1.54, 1.807) is 0 Å². The predicted octanol–water partition coefficient (Wildman–Crippen LogP) is 5.06. The lowest BCUT2D eigenvalue weighted by Gasteiger charge is -2.25. The van der Waals surface area contributed by atoms with Gasteiger partial charge in [-0.05, 0) is 45.0 Å². The Morgan fingerprint density at radius 3 is 2.68 bits per heavy atom. The van der Waals surface area contributed by atoms with Gasteiger partial charge < -0.3 is 15.8 Å². The van der Waals surface area contributed by atoms with Gasteiger partial charge in [0.15, 0.2) is 0 Å². The molecule has 0 aliphatic carbocycles. The fourth-order valence-electron chi connectivity index (χ4n) is 2.57. The molecule has 3 rings (SSSR count). The molecule has 25 heavy (non-hydrogen) atoms. The number of nitrogens with one attached hydrogen (secondary N) is 1. The number of aromatic nitrogens is 1. The zero-order chi connectivity index (χ0) is 18.0. The second-order valence-corrected chi connectivity index (χ2v) is 7.07. The first kappa shape index (κ1) is 17.5. The van der Waals surface area contributed by atoms with Gasteiger partial charge in [-0.15, -0.1) is 0 Å². The van der Waals surface area contributed by atoms with E-state index in [0.29, 0.717) is 17.3 Å². The maximum absolute atomic E-state index is 6.28. The molecular weight excluding hydrogens is 334 g/mol. The number of benzene rings is 2. The van der Waals surface area contributed by atoms with E-state index in [1.165, 1.54) is 0 Å². The topological polar surface area (TPSA) is 60.2 Å². The van der Waals surface area contributed by atoms with Crippen LogP contribution in [0.1, 0.15) is 19.5 Å². The fourth-order valence-corrected chi connectivity index (χ4v) is 2.72. The Kier molecular flexibility index (Phi) is 4.84. The molecule has 1 heterocycles. The van der Waals surface area contributed by atoms with Crippen LogP contribution in [-0.4, -0.2) is 17.1 Å². The highest BCUT2D eigenvalue weighted by molar-refractivity contribution is 6.32. The van der Waals surface area contributed by atoms with Gasteiger partial charge in [0.05, 0.1) is 10.5 Å². The van der Waals surface area contributed by atoms with Gasteiger partial charge in [-0.1, -0.05) is 29.8 Å². The third-order valence-corrected chi connectivity index (χ3v) is 4.24. The number of pyridine rings is 1. The van der Waals surface area contributed by atoms with Gasteiger partial charge in [0.2, 0.25) is 0 Å². The predicted molar refractivity (Wildman–Crippen MR) is 105 cm³/mol. The van der Waals surface area contributed by atoms with Crippen LogP contribution in [0.15, 0.2) is 48.5 Å². The van der Waals surface area contributed by atoms with Crippen LogP contribution in [0, 0.1) is 6.92 Å². The standard InChI is InChI=1S/C20H22ClN3O/c1-13-10-18(15-6-4-5-7-17(15)23-13)24-14-8-9-16(21)19(11-14)25-20(2,3)12-22/h4-11H,12,22H2,1-3H3,(H,23,24). The minimum Gasteiger partial charge on any atom is -0.485 e. The number of hydrogen-bond donors (Lipinski definition) is 2. The molecule has 1 aromatic heterocycles. The summed E-state index contributed by atoms with van der Waals surface area (Å²) in [6.07, 6.45) is 0. The van der Waals surface area contributed by atoms with Gasteiger partial charge in [-0.3, -0.25) is 4.98 Å². The number of nitrogens with zero attached hydrogens (tertiary/aromatic N) is 1. The number of aryl methyl sites for hydroxylation is 1. The Hall–Kier alpha value is -2.30. The van der Waals surface area contributed by atoms with E-state index < -0.39 is 5.60 Å². The molecule has 2 aromatic carbocycles. The summed E-state index contributed by atoms with van der Waals surface area (Å²) in [6, 6.07) is 15.7. The lowest BCUT2D eigenvalue weighted by Crippen LogP contribution is -2.37. The van der Waals surface area contributed by atoms with Crippen LogP contribution in [0.25, 0.3) is 10.9 Å². The highest BCUT2D eigenvalue weighted by Crippen LogP contribution is 2.33. The van der Waals surface area contributed by atoms with Crippen molar-refractivity contribution in [3.8, 4) is 5.75 Å². The van der Waals surface area contributed by atoms with Crippen molar-refractivity contribution in [2.75, 3.05) is 11.9 Å². The van der Waals surface area contributed by atoms with Gasteiger partial charge in [0.25, 0.3) is 0 Å². The maximum Gasteiger partial charge on any atom is 0.140 e. The minimum absolute atomic E-state index is 0.398. The Labute approximate surface area is 153 Å². The quantitative estimate of drug-likeness (QED) is 0.671. The van der Waals surface area contributed by atoms with Crippen molar-refractivity contribution in [1.82, 2.24) is 4.98 Å². The molecule has 0 amide bonds. The van der Waals surface area contributed by atoms with Crippen molar-refractivity contribution in [2.45, 2.75) is 26.4 Å². The van der Waals surface area contributed by atoms with Crippen molar-refractivity contribution in [3.63, 3.8) is 0 Å². The largest absolute Gasteiger partial charge is 0.485 e. The van der Waals surface area contributed by atoms with E-state index in [2.05, 4.69) is 16.4 Å². The molecule has 0 radical (unpaired) electrons. The first-order chi connectivity index (χ1) is 11.9. The second kappa shape index (κ2) is 6.90. The molecule has 0 unspecified atom stereocenters. The average Bonchev–Trinajstić information content (AvgIpc) is 2.57.